The van der Waals surface area contributed by atoms with Crippen LogP contribution in [0.4, 0.5) is 5.95 Å². The van der Waals surface area contributed by atoms with Gasteiger partial charge < -0.3 is 14.2 Å². The third-order valence-corrected chi connectivity index (χ3v) is 5.16. The highest BCUT2D eigenvalue weighted by Crippen LogP contribution is 2.21. The van der Waals surface area contributed by atoms with Crippen LogP contribution in [0.25, 0.3) is 11.0 Å². The summed E-state index contributed by atoms with van der Waals surface area (Å²) in [5.74, 6) is 0.663. The lowest BCUT2D eigenvalue weighted by Crippen LogP contribution is -2.27. The molecule has 142 valence electrons. The first-order valence-electron chi connectivity index (χ1n) is 9.80. The zero-order chi connectivity index (χ0) is 18.4. The van der Waals surface area contributed by atoms with Gasteiger partial charge in [0.1, 0.15) is 0 Å². The minimum atomic E-state index is 0.0138. The van der Waals surface area contributed by atoms with E-state index in [9.17, 15) is 4.79 Å². The summed E-state index contributed by atoms with van der Waals surface area (Å²) in [6, 6.07) is 8.05. The van der Waals surface area contributed by atoms with E-state index in [1.54, 1.807) is 0 Å². The van der Waals surface area contributed by atoms with Crippen LogP contribution in [0, 0.1) is 0 Å². The molecule has 3 rings (SSSR count). The average Bonchev–Trinajstić information content (AvgIpc) is 3.29. The van der Waals surface area contributed by atoms with Gasteiger partial charge in [-0.05, 0) is 44.5 Å². The molecule has 0 saturated carbocycles. The lowest BCUT2D eigenvalue weighted by Gasteiger charge is -2.19. The lowest BCUT2D eigenvalue weighted by molar-refractivity contribution is -0.116. The van der Waals surface area contributed by atoms with Gasteiger partial charge >= 0.3 is 0 Å². The van der Waals surface area contributed by atoms with Crippen molar-refractivity contribution in [1.29, 1.82) is 0 Å². The second kappa shape index (κ2) is 9.14. The largest absolute Gasteiger partial charge is 0.378 e. The highest BCUT2D eigenvalue weighted by molar-refractivity contribution is 5.91. The molecule has 1 fully saturated rings. The van der Waals surface area contributed by atoms with Crippen LogP contribution in [0.1, 0.15) is 39.5 Å². The smallest absolute Gasteiger partial charge is 0.226 e. The molecule has 0 spiro atoms. The summed E-state index contributed by atoms with van der Waals surface area (Å²) in [6.07, 6.45) is 3.67. The Hall–Kier alpha value is -1.92. The number of ether oxygens (including phenoxy) is 1. The molecule has 1 aliphatic rings. The Labute approximate surface area is 155 Å². The zero-order valence-corrected chi connectivity index (χ0v) is 15.9. The molecule has 1 amide bonds. The molecule has 1 aromatic carbocycles. The zero-order valence-electron chi connectivity index (χ0n) is 15.9. The monoisotopic (exact) mass is 358 g/mol. The first-order chi connectivity index (χ1) is 12.7. The molecular formula is C20H30N4O2. The van der Waals surface area contributed by atoms with Gasteiger partial charge in [0.2, 0.25) is 11.9 Å². The number of hydrogen-bond acceptors (Lipinski definition) is 4. The first kappa shape index (κ1) is 18.9. The van der Waals surface area contributed by atoms with Crippen molar-refractivity contribution < 1.29 is 9.53 Å². The van der Waals surface area contributed by atoms with Crippen molar-refractivity contribution in [3.8, 4) is 0 Å². The second-order valence-electron chi connectivity index (χ2n) is 6.82. The van der Waals surface area contributed by atoms with E-state index in [-0.39, 0.29) is 12.0 Å². The topological polar surface area (TPSA) is 59.4 Å². The molecule has 2 aromatic rings. The summed E-state index contributed by atoms with van der Waals surface area (Å²) in [7, 11) is 0. The number of hydrogen-bond donors (Lipinski definition) is 1. The van der Waals surface area contributed by atoms with Crippen LogP contribution in [-0.2, 0) is 16.1 Å². The summed E-state index contributed by atoms with van der Waals surface area (Å²) in [4.78, 5) is 19.4. The quantitative estimate of drug-likeness (QED) is 0.747. The summed E-state index contributed by atoms with van der Waals surface area (Å²) >= 11 is 0. The Bertz CT molecular complexity index is 718. The van der Waals surface area contributed by atoms with E-state index < -0.39 is 0 Å². The van der Waals surface area contributed by atoms with E-state index in [1.807, 2.05) is 18.2 Å². The molecule has 1 saturated heterocycles. The number of amides is 1. The van der Waals surface area contributed by atoms with Gasteiger partial charge in [-0.1, -0.05) is 26.0 Å². The number of fused-ring (bicyclic) bond motifs is 1. The highest BCUT2D eigenvalue weighted by Gasteiger charge is 2.18. The van der Waals surface area contributed by atoms with Crippen LogP contribution < -0.4 is 5.32 Å². The minimum Gasteiger partial charge on any atom is -0.378 e. The van der Waals surface area contributed by atoms with Crippen LogP contribution in [0.2, 0.25) is 0 Å². The van der Waals surface area contributed by atoms with Crippen molar-refractivity contribution in [1.82, 2.24) is 14.5 Å². The number of carbonyl (C=O) groups excluding carboxylic acids is 1. The number of likely N-dealkylation sites (N-methyl/N-ethyl adjacent to an activating group) is 1. The number of nitrogens with zero attached hydrogens (tertiary/aromatic N) is 3. The van der Waals surface area contributed by atoms with Gasteiger partial charge in [-0.3, -0.25) is 10.1 Å². The predicted molar refractivity (Wildman–Crippen MR) is 104 cm³/mol. The number of nitrogens with one attached hydrogen (secondary N) is 1. The third-order valence-electron chi connectivity index (χ3n) is 5.16. The fourth-order valence-corrected chi connectivity index (χ4v) is 3.53. The molecule has 0 radical (unpaired) electrons. The van der Waals surface area contributed by atoms with Crippen LogP contribution in [0.3, 0.4) is 0 Å². The molecule has 6 heteroatoms. The molecule has 6 nitrogen and oxygen atoms in total. The molecule has 0 aliphatic carbocycles. The maximum absolute atomic E-state index is 12.4. The number of aromatic nitrogens is 2. The summed E-state index contributed by atoms with van der Waals surface area (Å²) in [6.45, 7) is 8.95. The second-order valence-corrected chi connectivity index (χ2v) is 6.82. The molecule has 2 heterocycles. The van der Waals surface area contributed by atoms with Gasteiger partial charge in [0.25, 0.3) is 0 Å². The molecular weight excluding hydrogens is 328 g/mol. The van der Waals surface area contributed by atoms with Gasteiger partial charge in [-0.15, -0.1) is 0 Å². The Kier molecular flexibility index (Phi) is 6.63. The number of para-hydroxylation sites is 2. The number of benzene rings is 1. The molecule has 1 atom stereocenters. The molecule has 1 aliphatic heterocycles. The fraction of sp³-hybridized carbons (Fsp3) is 0.600. The first-order valence-corrected chi connectivity index (χ1v) is 9.80. The molecule has 26 heavy (non-hydrogen) atoms. The van der Waals surface area contributed by atoms with Gasteiger partial charge in [-0.25, -0.2) is 4.98 Å². The number of rotatable bonds is 9. The summed E-state index contributed by atoms with van der Waals surface area (Å²) in [5.41, 5.74) is 1.98. The van der Waals surface area contributed by atoms with E-state index in [0.717, 1.165) is 63.1 Å². The number of carbonyl (C=O) groups is 1. The Balaban J connectivity index is 1.69. The van der Waals surface area contributed by atoms with E-state index in [2.05, 4.69) is 39.7 Å². The molecule has 1 aromatic heterocycles. The Morgan fingerprint density at radius 1 is 1.35 bits per heavy atom. The minimum absolute atomic E-state index is 0.0138. The van der Waals surface area contributed by atoms with Crippen LogP contribution in [-0.4, -0.2) is 52.7 Å². The van der Waals surface area contributed by atoms with Crippen LogP contribution in [0.15, 0.2) is 24.3 Å². The van der Waals surface area contributed by atoms with Gasteiger partial charge in [-0.2, -0.15) is 0 Å². The lowest BCUT2D eigenvalue weighted by atomic mass is 10.1. The van der Waals surface area contributed by atoms with Crippen molar-refractivity contribution in [3.63, 3.8) is 0 Å². The summed E-state index contributed by atoms with van der Waals surface area (Å²) in [5, 5.41) is 3.02. The molecule has 1 N–H and O–H groups in total. The third kappa shape index (κ3) is 4.62. The van der Waals surface area contributed by atoms with Crippen molar-refractivity contribution in [2.45, 2.75) is 52.2 Å². The maximum atomic E-state index is 12.4. The number of anilines is 1. The highest BCUT2D eigenvalue weighted by atomic mass is 16.5. The molecule has 0 bridgehead atoms. The van der Waals surface area contributed by atoms with E-state index >= 15 is 0 Å². The number of imidazole rings is 1. The summed E-state index contributed by atoms with van der Waals surface area (Å²) < 4.78 is 7.73. The van der Waals surface area contributed by atoms with Crippen molar-refractivity contribution in [2.24, 2.45) is 0 Å². The van der Waals surface area contributed by atoms with Crippen molar-refractivity contribution in [3.05, 3.63) is 24.3 Å². The van der Waals surface area contributed by atoms with Gasteiger partial charge in [0, 0.05) is 26.1 Å². The van der Waals surface area contributed by atoms with E-state index in [1.165, 1.54) is 0 Å². The van der Waals surface area contributed by atoms with Gasteiger partial charge in [0.15, 0.2) is 0 Å². The maximum Gasteiger partial charge on any atom is 0.226 e. The Morgan fingerprint density at radius 2 is 2.15 bits per heavy atom. The normalized spacial score (nSPS) is 17.3. The average molecular weight is 358 g/mol. The van der Waals surface area contributed by atoms with E-state index in [4.69, 9.17) is 4.74 Å². The van der Waals surface area contributed by atoms with Crippen molar-refractivity contribution >= 4 is 22.9 Å². The van der Waals surface area contributed by atoms with Crippen LogP contribution >= 0.6 is 0 Å². The van der Waals surface area contributed by atoms with Crippen LogP contribution in [0.5, 0.6) is 0 Å². The van der Waals surface area contributed by atoms with E-state index in [0.29, 0.717) is 12.4 Å². The van der Waals surface area contributed by atoms with Gasteiger partial charge in [0.05, 0.1) is 17.1 Å². The molecule has 0 unspecified atom stereocenters. The SMILES string of the molecule is CCN(CC)CCn1c(NC(=O)CC[C@@H]2CCCO2)nc2ccccc21. The Morgan fingerprint density at radius 3 is 2.88 bits per heavy atom. The fourth-order valence-electron chi connectivity index (χ4n) is 3.53. The predicted octanol–water partition coefficient (Wildman–Crippen LogP) is 3.28. The van der Waals surface area contributed by atoms with Crippen molar-refractivity contribution in [2.75, 3.05) is 31.6 Å². The standard InChI is InChI=1S/C20H30N4O2/c1-3-23(4-2)13-14-24-18-10-6-5-9-17(18)21-20(24)22-19(25)12-11-16-8-7-15-26-16/h5-6,9-10,16H,3-4,7-8,11-15H2,1-2H3,(H,21,22,25)/t16-/m0/s1.